The molecule has 0 aliphatic rings. The van der Waals surface area contributed by atoms with Crippen LogP contribution in [0.25, 0.3) is 0 Å². The van der Waals surface area contributed by atoms with Crippen molar-refractivity contribution in [1.82, 2.24) is 0 Å². The van der Waals surface area contributed by atoms with E-state index in [2.05, 4.69) is 130 Å². The molecule has 1 atom stereocenters. The van der Waals surface area contributed by atoms with Crippen LogP contribution in [0.3, 0.4) is 0 Å². The van der Waals surface area contributed by atoms with Gasteiger partial charge in [-0.3, -0.25) is 14.4 Å². The lowest BCUT2D eigenvalue weighted by molar-refractivity contribution is -0.167. The molecule has 0 aromatic heterocycles. The van der Waals surface area contributed by atoms with E-state index in [0.29, 0.717) is 19.3 Å². The molecule has 6 heteroatoms. The maximum absolute atomic E-state index is 12.8. The molecular formula is C58H94O6. The summed E-state index contributed by atoms with van der Waals surface area (Å²) in [6.07, 6.45) is 69.3. The Bertz CT molecular complexity index is 1340. The molecule has 64 heavy (non-hydrogen) atoms. The predicted molar refractivity (Wildman–Crippen MR) is 274 cm³/mol. The number of esters is 3. The van der Waals surface area contributed by atoms with E-state index in [9.17, 15) is 14.4 Å². The zero-order valence-corrected chi connectivity index (χ0v) is 41.3. The standard InChI is InChI=1S/C58H94O6/c1-4-7-10-13-16-19-22-25-27-28-29-31-33-36-39-42-45-48-51-57(60)63-54-55(53-62-56(59)50-47-44-41-38-35-32-24-21-18-15-12-9-6-3)64-58(61)52-49-46-43-40-37-34-30-26-23-20-17-14-11-8-5-2/h8-9,11-12,17-22,26-28,30,32,35,37,40,55H,4-7,10,13-16,23-25,29,31,33-34,36,38-39,41-54H2,1-3H3/b11-8-,12-9-,20-17-,21-18-,22-19-,28-27-,30-26-,35-32-,40-37-. The summed E-state index contributed by atoms with van der Waals surface area (Å²) in [6, 6.07) is 0. The zero-order chi connectivity index (χ0) is 46.5. The summed E-state index contributed by atoms with van der Waals surface area (Å²) in [6.45, 7) is 6.31. The normalized spacial score (nSPS) is 13.0. The summed E-state index contributed by atoms with van der Waals surface area (Å²) < 4.78 is 16.7. The molecule has 0 aromatic carbocycles. The minimum atomic E-state index is -0.816. The largest absolute Gasteiger partial charge is 0.462 e. The van der Waals surface area contributed by atoms with Crippen molar-refractivity contribution in [3.63, 3.8) is 0 Å². The second-order valence-corrected chi connectivity index (χ2v) is 16.7. The number of hydrogen-bond donors (Lipinski definition) is 0. The summed E-state index contributed by atoms with van der Waals surface area (Å²) in [4.78, 5) is 38.0. The van der Waals surface area contributed by atoms with E-state index in [0.717, 1.165) is 116 Å². The van der Waals surface area contributed by atoms with Crippen molar-refractivity contribution in [3.8, 4) is 0 Å². The molecule has 1 unspecified atom stereocenters. The fraction of sp³-hybridized carbons (Fsp3) is 0.638. The highest BCUT2D eigenvalue weighted by atomic mass is 16.6. The summed E-state index contributed by atoms with van der Waals surface area (Å²) >= 11 is 0. The van der Waals surface area contributed by atoms with E-state index >= 15 is 0 Å². The molecule has 0 N–H and O–H groups in total. The van der Waals surface area contributed by atoms with E-state index in [-0.39, 0.29) is 37.5 Å². The third-order valence-electron chi connectivity index (χ3n) is 10.5. The van der Waals surface area contributed by atoms with E-state index in [1.165, 1.54) is 57.8 Å². The SMILES string of the molecule is CC/C=C\C/C=C\C/C=C\C/C=C\CCCCC(=O)OC(COC(=O)CCCCC/C=C\C/C=C\C/C=C\CC)COC(=O)CCCCCCCCC/C=C\C/C=C\CCCCCC. The van der Waals surface area contributed by atoms with Crippen LogP contribution in [-0.4, -0.2) is 37.2 Å². The Morgan fingerprint density at radius 3 is 1.00 bits per heavy atom. The molecule has 362 valence electrons. The van der Waals surface area contributed by atoms with Crippen LogP contribution in [0.1, 0.15) is 220 Å². The van der Waals surface area contributed by atoms with Gasteiger partial charge in [0.25, 0.3) is 0 Å². The van der Waals surface area contributed by atoms with Gasteiger partial charge in [0.1, 0.15) is 13.2 Å². The van der Waals surface area contributed by atoms with Crippen LogP contribution in [0.15, 0.2) is 109 Å². The summed E-state index contributed by atoms with van der Waals surface area (Å²) in [5.41, 5.74) is 0. The summed E-state index contributed by atoms with van der Waals surface area (Å²) in [7, 11) is 0. The van der Waals surface area contributed by atoms with Gasteiger partial charge in [0.2, 0.25) is 0 Å². The molecule has 0 saturated heterocycles. The van der Waals surface area contributed by atoms with E-state index in [1.807, 2.05) is 0 Å². The van der Waals surface area contributed by atoms with Crippen LogP contribution in [0.5, 0.6) is 0 Å². The van der Waals surface area contributed by atoms with Gasteiger partial charge in [-0.15, -0.1) is 0 Å². The number of hydrogen-bond acceptors (Lipinski definition) is 6. The fourth-order valence-corrected chi connectivity index (χ4v) is 6.65. The number of carbonyl (C=O) groups excluding carboxylic acids is 3. The second-order valence-electron chi connectivity index (χ2n) is 16.7. The average Bonchev–Trinajstić information content (AvgIpc) is 3.29. The first kappa shape index (κ1) is 60.1. The maximum atomic E-state index is 12.8. The second kappa shape index (κ2) is 51.7. The van der Waals surface area contributed by atoms with Crippen LogP contribution >= 0.6 is 0 Å². The molecule has 6 nitrogen and oxygen atoms in total. The molecule has 0 heterocycles. The van der Waals surface area contributed by atoms with E-state index < -0.39 is 6.10 Å². The van der Waals surface area contributed by atoms with Crippen molar-refractivity contribution in [1.29, 1.82) is 0 Å². The van der Waals surface area contributed by atoms with Crippen LogP contribution in [0.2, 0.25) is 0 Å². The van der Waals surface area contributed by atoms with Gasteiger partial charge in [0, 0.05) is 19.3 Å². The van der Waals surface area contributed by atoms with Crippen LogP contribution in [0, 0.1) is 0 Å². The minimum Gasteiger partial charge on any atom is -0.462 e. The van der Waals surface area contributed by atoms with Crippen molar-refractivity contribution in [3.05, 3.63) is 109 Å². The molecule has 0 aliphatic heterocycles. The predicted octanol–water partition coefficient (Wildman–Crippen LogP) is 17.1. The monoisotopic (exact) mass is 887 g/mol. The topological polar surface area (TPSA) is 78.9 Å². The first-order valence-corrected chi connectivity index (χ1v) is 25.9. The first-order chi connectivity index (χ1) is 31.5. The molecule has 0 spiro atoms. The van der Waals surface area contributed by atoms with Crippen LogP contribution < -0.4 is 0 Å². The highest BCUT2D eigenvalue weighted by molar-refractivity contribution is 5.71. The Balaban J connectivity index is 4.50. The van der Waals surface area contributed by atoms with Gasteiger partial charge in [-0.2, -0.15) is 0 Å². The van der Waals surface area contributed by atoms with Gasteiger partial charge in [0.15, 0.2) is 6.10 Å². The van der Waals surface area contributed by atoms with Crippen LogP contribution in [0.4, 0.5) is 0 Å². The van der Waals surface area contributed by atoms with Gasteiger partial charge in [-0.25, -0.2) is 0 Å². The third kappa shape index (κ3) is 49.1. The molecule has 0 fully saturated rings. The van der Waals surface area contributed by atoms with Gasteiger partial charge in [-0.05, 0) is 122 Å². The molecule has 0 aromatic rings. The molecule has 0 radical (unpaired) electrons. The van der Waals surface area contributed by atoms with Crippen molar-refractivity contribution < 1.29 is 28.6 Å². The molecule has 0 amide bonds. The lowest BCUT2D eigenvalue weighted by atomic mass is 10.1. The number of allylic oxidation sites excluding steroid dienone is 18. The minimum absolute atomic E-state index is 0.111. The molecule has 0 bridgehead atoms. The van der Waals surface area contributed by atoms with Crippen molar-refractivity contribution >= 4 is 17.9 Å². The highest BCUT2D eigenvalue weighted by Gasteiger charge is 2.19. The van der Waals surface area contributed by atoms with E-state index in [4.69, 9.17) is 14.2 Å². The number of ether oxygens (including phenoxy) is 3. The zero-order valence-electron chi connectivity index (χ0n) is 41.3. The first-order valence-electron chi connectivity index (χ1n) is 25.9. The van der Waals surface area contributed by atoms with Crippen molar-refractivity contribution in [2.45, 2.75) is 226 Å². The molecular weight excluding hydrogens is 793 g/mol. The quantitative estimate of drug-likeness (QED) is 0.0262. The Hall–Kier alpha value is -3.93. The summed E-state index contributed by atoms with van der Waals surface area (Å²) in [5.74, 6) is -0.996. The lowest BCUT2D eigenvalue weighted by Gasteiger charge is -2.18. The van der Waals surface area contributed by atoms with Gasteiger partial charge in [-0.1, -0.05) is 188 Å². The van der Waals surface area contributed by atoms with Gasteiger partial charge < -0.3 is 14.2 Å². The van der Waals surface area contributed by atoms with Crippen molar-refractivity contribution in [2.75, 3.05) is 13.2 Å². The van der Waals surface area contributed by atoms with Crippen molar-refractivity contribution in [2.24, 2.45) is 0 Å². The Morgan fingerprint density at radius 1 is 0.328 bits per heavy atom. The fourth-order valence-electron chi connectivity index (χ4n) is 6.65. The Labute approximate surface area is 393 Å². The number of carbonyl (C=O) groups is 3. The molecule has 0 saturated carbocycles. The van der Waals surface area contributed by atoms with Gasteiger partial charge in [0.05, 0.1) is 0 Å². The molecule has 0 rings (SSSR count). The highest BCUT2D eigenvalue weighted by Crippen LogP contribution is 2.13. The maximum Gasteiger partial charge on any atom is 0.306 e. The van der Waals surface area contributed by atoms with E-state index in [1.54, 1.807) is 0 Å². The average molecular weight is 887 g/mol. The number of unbranched alkanes of at least 4 members (excludes halogenated alkanes) is 16. The lowest BCUT2D eigenvalue weighted by Crippen LogP contribution is -2.30. The Morgan fingerprint density at radius 2 is 0.609 bits per heavy atom. The van der Waals surface area contributed by atoms with Crippen LogP contribution in [-0.2, 0) is 28.6 Å². The smallest absolute Gasteiger partial charge is 0.306 e. The Kier molecular flexibility index (Phi) is 48.5. The third-order valence-corrected chi connectivity index (χ3v) is 10.5. The molecule has 0 aliphatic carbocycles. The summed E-state index contributed by atoms with van der Waals surface area (Å²) in [5, 5.41) is 0. The number of rotatable bonds is 45. The van der Waals surface area contributed by atoms with Gasteiger partial charge >= 0.3 is 17.9 Å².